The first-order valence-corrected chi connectivity index (χ1v) is 11.0. The maximum Gasteiger partial charge on any atom is 0.307 e. The van der Waals surface area contributed by atoms with E-state index in [1.807, 2.05) is 12.1 Å². The van der Waals surface area contributed by atoms with Crippen LogP contribution in [0.3, 0.4) is 0 Å². The zero-order valence-corrected chi connectivity index (χ0v) is 18.7. The predicted octanol–water partition coefficient (Wildman–Crippen LogP) is 3.39. The van der Waals surface area contributed by atoms with Crippen LogP contribution in [-0.2, 0) is 27.3 Å². The maximum absolute atomic E-state index is 13.4. The number of esters is 1. The third-order valence-corrected chi connectivity index (χ3v) is 5.69. The van der Waals surface area contributed by atoms with Crippen molar-refractivity contribution in [2.24, 2.45) is 0 Å². The van der Waals surface area contributed by atoms with Gasteiger partial charge in [0, 0.05) is 26.1 Å². The number of hydrogen-bond acceptors (Lipinski definition) is 5. The first-order valence-electron chi connectivity index (χ1n) is 11.0. The Morgan fingerprint density at radius 3 is 2.70 bits per heavy atom. The zero-order valence-electron chi connectivity index (χ0n) is 18.7. The Hall–Kier alpha value is -3.55. The van der Waals surface area contributed by atoms with Gasteiger partial charge < -0.3 is 9.64 Å². The summed E-state index contributed by atoms with van der Waals surface area (Å²) in [5.41, 5.74) is 1.16. The van der Waals surface area contributed by atoms with Gasteiger partial charge in [-0.15, -0.1) is 0 Å². The van der Waals surface area contributed by atoms with Crippen molar-refractivity contribution in [2.45, 2.75) is 51.3 Å². The standard InChI is InChI=1S/C25H26FN3O4/c1-16(24(31)28(2)15-17-6-5-7-18(26)14-17)33-23(30)13-12-22-27-21-9-4-3-8-20(21)25(32)29(22)19-10-11-19/h3-9,14,16,19H,10-13,15H2,1-2H3. The van der Waals surface area contributed by atoms with Crippen molar-refractivity contribution in [1.29, 1.82) is 0 Å². The van der Waals surface area contributed by atoms with Gasteiger partial charge in [-0.3, -0.25) is 19.0 Å². The Morgan fingerprint density at radius 1 is 1.21 bits per heavy atom. The van der Waals surface area contributed by atoms with Gasteiger partial charge in [-0.05, 0) is 49.6 Å². The Kier molecular flexibility index (Phi) is 6.53. The van der Waals surface area contributed by atoms with E-state index in [1.54, 1.807) is 35.9 Å². The fourth-order valence-corrected chi connectivity index (χ4v) is 3.90. The summed E-state index contributed by atoms with van der Waals surface area (Å²) < 4.78 is 20.4. The minimum atomic E-state index is -0.980. The molecule has 1 saturated carbocycles. The molecule has 8 heteroatoms. The van der Waals surface area contributed by atoms with Crippen LogP contribution in [-0.4, -0.2) is 39.5 Å². The molecule has 1 heterocycles. The Bertz CT molecular complexity index is 1250. The summed E-state index contributed by atoms with van der Waals surface area (Å²) in [4.78, 5) is 44.0. The average molecular weight is 451 g/mol. The molecule has 0 spiro atoms. The van der Waals surface area contributed by atoms with E-state index in [-0.39, 0.29) is 42.7 Å². The number of para-hydroxylation sites is 1. The van der Waals surface area contributed by atoms with E-state index in [0.717, 1.165) is 12.8 Å². The summed E-state index contributed by atoms with van der Waals surface area (Å²) in [6, 6.07) is 13.3. The van der Waals surface area contributed by atoms with Crippen LogP contribution < -0.4 is 5.56 Å². The van der Waals surface area contributed by atoms with Gasteiger partial charge >= 0.3 is 5.97 Å². The van der Waals surface area contributed by atoms with Gasteiger partial charge in [-0.2, -0.15) is 0 Å². The number of fused-ring (bicyclic) bond motifs is 1. The van der Waals surface area contributed by atoms with E-state index < -0.39 is 12.1 Å². The molecule has 1 aliphatic carbocycles. The Balaban J connectivity index is 1.38. The lowest BCUT2D eigenvalue weighted by molar-refractivity contribution is -0.158. The number of hydrogen-bond donors (Lipinski definition) is 0. The Morgan fingerprint density at radius 2 is 1.97 bits per heavy atom. The minimum Gasteiger partial charge on any atom is -0.453 e. The lowest BCUT2D eigenvalue weighted by Crippen LogP contribution is -2.37. The first kappa shape index (κ1) is 22.6. The second kappa shape index (κ2) is 9.52. The molecule has 0 aliphatic heterocycles. The number of nitrogens with zero attached hydrogens (tertiary/aromatic N) is 3. The van der Waals surface area contributed by atoms with Crippen LogP contribution in [0.1, 0.15) is 43.6 Å². The van der Waals surface area contributed by atoms with Crippen molar-refractivity contribution in [3.63, 3.8) is 0 Å². The number of carbonyl (C=O) groups is 2. The highest BCUT2D eigenvalue weighted by atomic mass is 19.1. The summed E-state index contributed by atoms with van der Waals surface area (Å²) in [6.07, 6.45) is 1.10. The molecule has 2 aromatic carbocycles. The van der Waals surface area contributed by atoms with Crippen LogP contribution >= 0.6 is 0 Å². The lowest BCUT2D eigenvalue weighted by atomic mass is 10.2. The second-order valence-corrected chi connectivity index (χ2v) is 8.41. The normalized spacial score (nSPS) is 14.2. The molecule has 1 unspecified atom stereocenters. The maximum atomic E-state index is 13.4. The minimum absolute atomic E-state index is 0.00271. The van der Waals surface area contributed by atoms with Crippen molar-refractivity contribution < 1.29 is 18.7 Å². The van der Waals surface area contributed by atoms with E-state index in [0.29, 0.717) is 22.3 Å². The Labute approximate surface area is 190 Å². The lowest BCUT2D eigenvalue weighted by Gasteiger charge is -2.21. The van der Waals surface area contributed by atoms with Crippen LogP contribution in [0.4, 0.5) is 4.39 Å². The van der Waals surface area contributed by atoms with Gasteiger partial charge in [0.2, 0.25) is 0 Å². The number of aryl methyl sites for hydroxylation is 1. The molecule has 1 amide bonds. The molecular formula is C25H26FN3O4. The van der Waals surface area contributed by atoms with E-state index in [9.17, 15) is 18.8 Å². The van der Waals surface area contributed by atoms with Crippen LogP contribution in [0.5, 0.6) is 0 Å². The molecule has 1 aliphatic rings. The molecule has 1 aromatic heterocycles. The number of ether oxygens (including phenoxy) is 1. The van der Waals surface area contributed by atoms with Gasteiger partial charge in [0.15, 0.2) is 6.10 Å². The summed E-state index contributed by atoms with van der Waals surface area (Å²) in [5.74, 6) is -0.744. The molecule has 0 saturated heterocycles. The van der Waals surface area contributed by atoms with Crippen LogP contribution in [0, 0.1) is 5.82 Å². The van der Waals surface area contributed by atoms with Crippen molar-refractivity contribution in [2.75, 3.05) is 7.05 Å². The molecule has 3 aromatic rings. The molecule has 1 fully saturated rings. The molecule has 7 nitrogen and oxygen atoms in total. The number of aromatic nitrogens is 2. The summed E-state index contributed by atoms with van der Waals surface area (Å²) in [5, 5.41) is 0.566. The molecule has 172 valence electrons. The molecule has 0 N–H and O–H groups in total. The summed E-state index contributed by atoms with van der Waals surface area (Å²) in [7, 11) is 1.57. The number of benzene rings is 2. The number of rotatable bonds is 8. The second-order valence-electron chi connectivity index (χ2n) is 8.41. The molecule has 0 bridgehead atoms. The van der Waals surface area contributed by atoms with Gasteiger partial charge in [0.05, 0.1) is 17.3 Å². The van der Waals surface area contributed by atoms with Gasteiger partial charge in [-0.1, -0.05) is 24.3 Å². The topological polar surface area (TPSA) is 81.5 Å². The third kappa shape index (κ3) is 5.27. The first-order chi connectivity index (χ1) is 15.8. The highest BCUT2D eigenvalue weighted by Gasteiger charge is 2.29. The average Bonchev–Trinajstić information content (AvgIpc) is 3.62. The van der Waals surface area contributed by atoms with Gasteiger partial charge in [-0.25, -0.2) is 9.37 Å². The van der Waals surface area contributed by atoms with E-state index >= 15 is 0 Å². The molecule has 1 atom stereocenters. The van der Waals surface area contributed by atoms with Crippen LogP contribution in [0.25, 0.3) is 10.9 Å². The highest BCUT2D eigenvalue weighted by Crippen LogP contribution is 2.34. The molecule has 33 heavy (non-hydrogen) atoms. The van der Waals surface area contributed by atoms with Gasteiger partial charge in [0.1, 0.15) is 11.6 Å². The third-order valence-electron chi connectivity index (χ3n) is 5.69. The van der Waals surface area contributed by atoms with Gasteiger partial charge in [0.25, 0.3) is 11.5 Å². The quantitative estimate of drug-likeness (QED) is 0.491. The van der Waals surface area contributed by atoms with Crippen molar-refractivity contribution in [3.8, 4) is 0 Å². The van der Waals surface area contributed by atoms with Crippen LogP contribution in [0.15, 0.2) is 53.3 Å². The molecule has 0 radical (unpaired) electrons. The van der Waals surface area contributed by atoms with E-state index in [1.165, 1.54) is 24.0 Å². The number of halogens is 1. The smallest absolute Gasteiger partial charge is 0.307 e. The largest absolute Gasteiger partial charge is 0.453 e. The zero-order chi connectivity index (χ0) is 23.5. The monoisotopic (exact) mass is 451 g/mol. The van der Waals surface area contributed by atoms with E-state index in [4.69, 9.17) is 4.74 Å². The van der Waals surface area contributed by atoms with E-state index in [2.05, 4.69) is 4.98 Å². The SMILES string of the molecule is CC(OC(=O)CCc1nc2ccccc2c(=O)n1C1CC1)C(=O)N(C)Cc1cccc(F)c1. The number of carbonyl (C=O) groups excluding carboxylic acids is 2. The predicted molar refractivity (Wildman–Crippen MR) is 121 cm³/mol. The van der Waals surface area contributed by atoms with Crippen molar-refractivity contribution in [1.82, 2.24) is 14.5 Å². The molecular weight excluding hydrogens is 425 g/mol. The summed E-state index contributed by atoms with van der Waals surface area (Å²) in [6.45, 7) is 1.71. The van der Waals surface area contributed by atoms with Crippen LogP contribution in [0.2, 0.25) is 0 Å². The summed E-state index contributed by atoms with van der Waals surface area (Å²) >= 11 is 0. The van der Waals surface area contributed by atoms with Crippen molar-refractivity contribution >= 4 is 22.8 Å². The molecule has 4 rings (SSSR count). The highest BCUT2D eigenvalue weighted by molar-refractivity contribution is 5.83. The number of amides is 1. The fourth-order valence-electron chi connectivity index (χ4n) is 3.90. The number of likely N-dealkylation sites (N-methyl/N-ethyl adjacent to an activating group) is 1. The fraction of sp³-hybridized carbons (Fsp3) is 0.360. The van der Waals surface area contributed by atoms with Crippen molar-refractivity contribution in [3.05, 3.63) is 76.1 Å².